The summed E-state index contributed by atoms with van der Waals surface area (Å²) in [4.78, 5) is 27.4. The van der Waals surface area contributed by atoms with Gasteiger partial charge in [-0.05, 0) is 56.4 Å². The lowest BCUT2D eigenvalue weighted by Gasteiger charge is -2.29. The first-order chi connectivity index (χ1) is 14.2. The Hall–Kier alpha value is -2.82. The highest BCUT2D eigenvalue weighted by atomic mass is 16.5. The number of carbonyl (C=O) groups excluding carboxylic acids is 2. The SMILES string of the molecule is Cc1ccc(OCC(=O)N(Cc2ccccc2C)[C@H](C)C(=O)NCC(C)C)c(C)c1. The van der Waals surface area contributed by atoms with Crippen molar-refractivity contribution in [1.29, 1.82) is 0 Å². The zero-order chi connectivity index (χ0) is 22.3. The second-order valence-electron chi connectivity index (χ2n) is 8.32. The van der Waals surface area contributed by atoms with E-state index < -0.39 is 6.04 Å². The second-order valence-corrected chi connectivity index (χ2v) is 8.32. The first-order valence-corrected chi connectivity index (χ1v) is 10.5. The molecule has 162 valence electrons. The van der Waals surface area contributed by atoms with Crippen LogP contribution in [0.1, 0.15) is 43.0 Å². The molecule has 0 saturated heterocycles. The van der Waals surface area contributed by atoms with Crippen molar-refractivity contribution in [3.8, 4) is 5.75 Å². The van der Waals surface area contributed by atoms with Gasteiger partial charge in [-0.15, -0.1) is 0 Å². The first-order valence-electron chi connectivity index (χ1n) is 10.5. The number of nitrogens with zero attached hydrogens (tertiary/aromatic N) is 1. The minimum Gasteiger partial charge on any atom is -0.483 e. The molecule has 5 heteroatoms. The third kappa shape index (κ3) is 6.61. The molecule has 1 atom stereocenters. The van der Waals surface area contributed by atoms with Gasteiger partial charge in [-0.25, -0.2) is 0 Å². The fourth-order valence-electron chi connectivity index (χ4n) is 3.19. The molecule has 2 aromatic carbocycles. The summed E-state index contributed by atoms with van der Waals surface area (Å²) < 4.78 is 5.81. The van der Waals surface area contributed by atoms with E-state index in [9.17, 15) is 9.59 Å². The molecule has 2 aromatic rings. The molecule has 0 aromatic heterocycles. The maximum Gasteiger partial charge on any atom is 0.261 e. The number of hydrogen-bond donors (Lipinski definition) is 1. The smallest absolute Gasteiger partial charge is 0.261 e. The van der Waals surface area contributed by atoms with Gasteiger partial charge >= 0.3 is 0 Å². The van der Waals surface area contributed by atoms with Crippen molar-refractivity contribution >= 4 is 11.8 Å². The molecule has 2 amide bonds. The van der Waals surface area contributed by atoms with Crippen LogP contribution in [0.3, 0.4) is 0 Å². The van der Waals surface area contributed by atoms with Crippen molar-refractivity contribution in [2.45, 2.75) is 54.1 Å². The van der Waals surface area contributed by atoms with E-state index in [1.807, 2.05) is 77.1 Å². The molecule has 0 bridgehead atoms. The van der Waals surface area contributed by atoms with Crippen LogP contribution >= 0.6 is 0 Å². The average molecular weight is 411 g/mol. The summed E-state index contributed by atoms with van der Waals surface area (Å²) in [6.45, 7) is 12.7. The van der Waals surface area contributed by atoms with E-state index in [-0.39, 0.29) is 18.4 Å². The van der Waals surface area contributed by atoms with Crippen LogP contribution in [-0.4, -0.2) is 35.9 Å². The molecule has 1 N–H and O–H groups in total. The minimum atomic E-state index is -0.599. The molecule has 0 fully saturated rings. The van der Waals surface area contributed by atoms with Crippen LogP contribution < -0.4 is 10.1 Å². The number of aryl methyl sites for hydroxylation is 3. The van der Waals surface area contributed by atoms with Gasteiger partial charge in [0.2, 0.25) is 5.91 Å². The topological polar surface area (TPSA) is 58.6 Å². The number of benzene rings is 2. The number of hydrogen-bond acceptors (Lipinski definition) is 3. The molecule has 5 nitrogen and oxygen atoms in total. The van der Waals surface area contributed by atoms with Gasteiger partial charge in [0, 0.05) is 13.1 Å². The molecule has 0 aliphatic carbocycles. The zero-order valence-electron chi connectivity index (χ0n) is 19.0. The Kier molecular flexibility index (Phi) is 8.46. The van der Waals surface area contributed by atoms with Crippen LogP contribution in [-0.2, 0) is 16.1 Å². The van der Waals surface area contributed by atoms with Gasteiger partial charge in [-0.3, -0.25) is 9.59 Å². The molecule has 0 aliphatic heterocycles. The molecule has 0 aliphatic rings. The van der Waals surface area contributed by atoms with E-state index >= 15 is 0 Å². The molecule has 0 radical (unpaired) electrons. The van der Waals surface area contributed by atoms with Crippen molar-refractivity contribution in [1.82, 2.24) is 10.2 Å². The van der Waals surface area contributed by atoms with E-state index in [1.54, 1.807) is 11.8 Å². The largest absolute Gasteiger partial charge is 0.483 e. The zero-order valence-corrected chi connectivity index (χ0v) is 19.0. The van der Waals surface area contributed by atoms with Crippen LogP contribution in [0.15, 0.2) is 42.5 Å². The Morgan fingerprint density at radius 1 is 1.00 bits per heavy atom. The predicted molar refractivity (Wildman–Crippen MR) is 120 cm³/mol. The van der Waals surface area contributed by atoms with Crippen molar-refractivity contribution < 1.29 is 14.3 Å². The van der Waals surface area contributed by atoms with Crippen LogP contribution in [0, 0.1) is 26.7 Å². The summed E-state index contributed by atoms with van der Waals surface area (Å²) in [6, 6.07) is 13.2. The first kappa shape index (κ1) is 23.5. The second kappa shape index (κ2) is 10.8. The van der Waals surface area contributed by atoms with Gasteiger partial charge in [0.25, 0.3) is 5.91 Å². The number of ether oxygens (including phenoxy) is 1. The molecule has 0 heterocycles. The van der Waals surface area contributed by atoms with Gasteiger partial charge in [0.1, 0.15) is 11.8 Å². The van der Waals surface area contributed by atoms with Crippen LogP contribution in [0.5, 0.6) is 5.75 Å². The molecular weight excluding hydrogens is 376 g/mol. The summed E-state index contributed by atoms with van der Waals surface area (Å²) in [6.07, 6.45) is 0. The summed E-state index contributed by atoms with van der Waals surface area (Å²) in [5.74, 6) is 0.652. The van der Waals surface area contributed by atoms with Gasteiger partial charge < -0.3 is 15.0 Å². The fourth-order valence-corrected chi connectivity index (χ4v) is 3.19. The Labute approximate surface area is 180 Å². The Morgan fingerprint density at radius 2 is 1.70 bits per heavy atom. The van der Waals surface area contributed by atoms with E-state index in [1.165, 1.54) is 0 Å². The lowest BCUT2D eigenvalue weighted by Crippen LogP contribution is -2.49. The Balaban J connectivity index is 2.17. The molecular formula is C25H34N2O3. The third-order valence-corrected chi connectivity index (χ3v) is 5.14. The molecule has 0 unspecified atom stereocenters. The van der Waals surface area contributed by atoms with Gasteiger partial charge in [-0.2, -0.15) is 0 Å². The number of amides is 2. The van der Waals surface area contributed by atoms with Gasteiger partial charge in [0.15, 0.2) is 6.61 Å². The maximum atomic E-state index is 13.1. The Bertz CT molecular complexity index is 876. The fraction of sp³-hybridized carbons (Fsp3) is 0.440. The quantitative estimate of drug-likeness (QED) is 0.675. The van der Waals surface area contributed by atoms with E-state index in [2.05, 4.69) is 5.32 Å². The lowest BCUT2D eigenvalue weighted by molar-refractivity contribution is -0.142. The summed E-state index contributed by atoms with van der Waals surface area (Å²) in [5, 5.41) is 2.93. The summed E-state index contributed by atoms with van der Waals surface area (Å²) in [5.41, 5.74) is 4.22. The number of nitrogens with one attached hydrogen (secondary N) is 1. The lowest BCUT2D eigenvalue weighted by atomic mass is 10.1. The van der Waals surface area contributed by atoms with Crippen LogP contribution in [0.4, 0.5) is 0 Å². The van der Waals surface area contributed by atoms with Crippen molar-refractivity contribution in [3.63, 3.8) is 0 Å². The molecule has 30 heavy (non-hydrogen) atoms. The van der Waals surface area contributed by atoms with Crippen molar-refractivity contribution in [3.05, 3.63) is 64.7 Å². The van der Waals surface area contributed by atoms with E-state index in [0.29, 0.717) is 24.8 Å². The monoisotopic (exact) mass is 410 g/mol. The Morgan fingerprint density at radius 3 is 2.33 bits per heavy atom. The predicted octanol–water partition coefficient (Wildman–Crippen LogP) is 4.18. The molecule has 0 spiro atoms. The maximum absolute atomic E-state index is 13.1. The van der Waals surface area contributed by atoms with E-state index in [4.69, 9.17) is 4.74 Å². The summed E-state index contributed by atoms with van der Waals surface area (Å²) >= 11 is 0. The van der Waals surface area contributed by atoms with Crippen LogP contribution in [0.2, 0.25) is 0 Å². The highest BCUT2D eigenvalue weighted by Crippen LogP contribution is 2.19. The summed E-state index contributed by atoms with van der Waals surface area (Å²) in [7, 11) is 0. The third-order valence-electron chi connectivity index (χ3n) is 5.14. The van der Waals surface area contributed by atoms with Crippen molar-refractivity contribution in [2.24, 2.45) is 5.92 Å². The van der Waals surface area contributed by atoms with Gasteiger partial charge in [-0.1, -0.05) is 55.8 Å². The number of rotatable bonds is 9. The highest BCUT2D eigenvalue weighted by molar-refractivity contribution is 5.88. The average Bonchev–Trinajstić information content (AvgIpc) is 2.70. The normalized spacial score (nSPS) is 11.8. The molecule has 2 rings (SSSR count). The highest BCUT2D eigenvalue weighted by Gasteiger charge is 2.27. The standard InChI is InChI=1S/C25H34N2O3/c1-17(2)14-26-25(29)21(6)27(15-22-10-8-7-9-19(22)4)24(28)16-30-23-12-11-18(3)13-20(23)5/h7-13,17,21H,14-16H2,1-6H3,(H,26,29)/t21-/m1/s1. The minimum absolute atomic E-state index is 0.114. The molecule has 0 saturated carbocycles. The van der Waals surface area contributed by atoms with Crippen LogP contribution in [0.25, 0.3) is 0 Å². The van der Waals surface area contributed by atoms with Gasteiger partial charge in [0.05, 0.1) is 0 Å². The number of carbonyl (C=O) groups is 2. The van der Waals surface area contributed by atoms with E-state index in [0.717, 1.165) is 22.3 Å². The van der Waals surface area contributed by atoms with Crippen molar-refractivity contribution in [2.75, 3.05) is 13.2 Å².